The average Bonchev–Trinajstić information content (AvgIpc) is 2.81. The second-order valence-corrected chi connectivity index (χ2v) is 5.04. The molecule has 2 heterocycles. The van der Waals surface area contributed by atoms with E-state index >= 15 is 0 Å². The van der Waals surface area contributed by atoms with Gasteiger partial charge >= 0.3 is 6.03 Å². The SMILES string of the molecule is N#Cc1ccccc1CN1CCN2C(=O)NCC2C1. The van der Waals surface area contributed by atoms with Gasteiger partial charge < -0.3 is 10.2 Å². The highest BCUT2D eigenvalue weighted by Gasteiger charge is 2.35. The van der Waals surface area contributed by atoms with Crippen molar-refractivity contribution in [3.05, 3.63) is 35.4 Å². The second-order valence-electron chi connectivity index (χ2n) is 5.04. The van der Waals surface area contributed by atoms with Gasteiger partial charge in [-0.25, -0.2) is 4.79 Å². The molecule has 2 saturated heterocycles. The van der Waals surface area contributed by atoms with Crippen molar-refractivity contribution in [1.82, 2.24) is 15.1 Å². The molecule has 1 unspecified atom stereocenters. The Hall–Kier alpha value is -2.06. The summed E-state index contributed by atoms with van der Waals surface area (Å²) in [4.78, 5) is 15.8. The van der Waals surface area contributed by atoms with E-state index in [1.807, 2.05) is 29.2 Å². The van der Waals surface area contributed by atoms with Crippen LogP contribution in [0, 0.1) is 11.3 Å². The minimum atomic E-state index is 0.0575. The van der Waals surface area contributed by atoms with Gasteiger partial charge in [0.25, 0.3) is 0 Å². The molecule has 0 aliphatic carbocycles. The molecule has 2 aliphatic rings. The third-order valence-electron chi connectivity index (χ3n) is 3.85. The highest BCUT2D eigenvalue weighted by Crippen LogP contribution is 2.17. The van der Waals surface area contributed by atoms with Gasteiger partial charge in [-0.05, 0) is 11.6 Å². The van der Waals surface area contributed by atoms with Crippen LogP contribution in [0.15, 0.2) is 24.3 Å². The molecule has 5 heteroatoms. The summed E-state index contributed by atoms with van der Waals surface area (Å²) in [5, 5.41) is 12.0. The fourth-order valence-electron chi connectivity index (χ4n) is 2.82. The molecule has 5 nitrogen and oxygen atoms in total. The lowest BCUT2D eigenvalue weighted by atomic mass is 10.1. The van der Waals surface area contributed by atoms with Crippen molar-refractivity contribution >= 4 is 6.03 Å². The number of urea groups is 1. The van der Waals surface area contributed by atoms with E-state index in [0.717, 1.165) is 43.9 Å². The summed E-state index contributed by atoms with van der Waals surface area (Å²) >= 11 is 0. The number of fused-ring (bicyclic) bond motifs is 1. The fraction of sp³-hybridized carbons (Fsp3) is 0.429. The number of rotatable bonds is 2. The minimum Gasteiger partial charge on any atom is -0.336 e. The lowest BCUT2D eigenvalue weighted by molar-refractivity contribution is 0.116. The Bertz CT molecular complexity index is 536. The van der Waals surface area contributed by atoms with E-state index in [2.05, 4.69) is 16.3 Å². The highest BCUT2D eigenvalue weighted by molar-refractivity contribution is 5.77. The van der Waals surface area contributed by atoms with Gasteiger partial charge in [-0.1, -0.05) is 18.2 Å². The quantitative estimate of drug-likeness (QED) is 0.850. The smallest absolute Gasteiger partial charge is 0.317 e. The predicted molar refractivity (Wildman–Crippen MR) is 70.3 cm³/mol. The molecule has 0 radical (unpaired) electrons. The number of nitriles is 1. The van der Waals surface area contributed by atoms with Crippen molar-refractivity contribution in [2.75, 3.05) is 26.2 Å². The zero-order valence-corrected chi connectivity index (χ0v) is 10.7. The summed E-state index contributed by atoms with van der Waals surface area (Å²) in [5.74, 6) is 0. The number of carbonyl (C=O) groups excluding carboxylic acids is 1. The van der Waals surface area contributed by atoms with Gasteiger partial charge in [0.05, 0.1) is 17.7 Å². The van der Waals surface area contributed by atoms with Crippen molar-refractivity contribution in [1.29, 1.82) is 5.26 Å². The van der Waals surface area contributed by atoms with Crippen molar-refractivity contribution in [2.45, 2.75) is 12.6 Å². The Labute approximate surface area is 112 Å². The van der Waals surface area contributed by atoms with Crippen LogP contribution >= 0.6 is 0 Å². The first-order chi connectivity index (χ1) is 9.28. The molecule has 1 N–H and O–H groups in total. The molecule has 0 spiro atoms. The first-order valence-electron chi connectivity index (χ1n) is 6.53. The molecule has 2 fully saturated rings. The Kier molecular flexibility index (Phi) is 3.10. The van der Waals surface area contributed by atoms with Crippen LogP contribution in [0.3, 0.4) is 0 Å². The van der Waals surface area contributed by atoms with E-state index in [4.69, 9.17) is 5.26 Å². The van der Waals surface area contributed by atoms with E-state index < -0.39 is 0 Å². The first-order valence-corrected chi connectivity index (χ1v) is 6.53. The van der Waals surface area contributed by atoms with Crippen LogP contribution in [0.1, 0.15) is 11.1 Å². The number of amides is 2. The Morgan fingerprint density at radius 2 is 2.21 bits per heavy atom. The van der Waals surface area contributed by atoms with E-state index in [1.54, 1.807) is 0 Å². The zero-order chi connectivity index (χ0) is 13.2. The highest BCUT2D eigenvalue weighted by atomic mass is 16.2. The van der Waals surface area contributed by atoms with Gasteiger partial charge in [0.2, 0.25) is 0 Å². The molecular formula is C14H16N4O. The molecule has 1 aromatic carbocycles. The number of carbonyl (C=O) groups is 1. The molecule has 0 saturated carbocycles. The molecule has 1 aromatic rings. The first kappa shape index (κ1) is 12.0. The molecule has 2 amide bonds. The number of nitrogens with zero attached hydrogens (tertiary/aromatic N) is 3. The van der Waals surface area contributed by atoms with E-state index in [-0.39, 0.29) is 12.1 Å². The van der Waals surface area contributed by atoms with Crippen LogP contribution in [0.5, 0.6) is 0 Å². The molecule has 19 heavy (non-hydrogen) atoms. The summed E-state index contributed by atoms with van der Waals surface area (Å²) in [6, 6.07) is 10.3. The monoisotopic (exact) mass is 256 g/mol. The number of hydrogen-bond acceptors (Lipinski definition) is 3. The topological polar surface area (TPSA) is 59.4 Å². The van der Waals surface area contributed by atoms with Crippen LogP contribution in [0.4, 0.5) is 4.79 Å². The maximum absolute atomic E-state index is 11.5. The van der Waals surface area contributed by atoms with Crippen molar-refractivity contribution in [3.63, 3.8) is 0 Å². The second kappa shape index (κ2) is 4.90. The van der Waals surface area contributed by atoms with Crippen LogP contribution in [-0.4, -0.2) is 48.1 Å². The molecule has 0 bridgehead atoms. The summed E-state index contributed by atoms with van der Waals surface area (Å²) in [7, 11) is 0. The Morgan fingerprint density at radius 3 is 3.05 bits per heavy atom. The van der Waals surface area contributed by atoms with Crippen molar-refractivity contribution in [2.24, 2.45) is 0 Å². The van der Waals surface area contributed by atoms with Crippen molar-refractivity contribution in [3.8, 4) is 6.07 Å². The van der Waals surface area contributed by atoms with Gasteiger partial charge in [-0.3, -0.25) is 4.90 Å². The lowest BCUT2D eigenvalue weighted by Crippen LogP contribution is -2.51. The average molecular weight is 256 g/mol. The minimum absolute atomic E-state index is 0.0575. The number of nitrogens with one attached hydrogen (secondary N) is 1. The Balaban J connectivity index is 1.69. The standard InChI is InChI=1S/C14H16N4O/c15-7-11-3-1-2-4-12(11)9-17-5-6-18-13(10-17)8-16-14(18)19/h1-4,13H,5-6,8-10H2,(H,16,19). The van der Waals surface area contributed by atoms with Gasteiger partial charge in [0.15, 0.2) is 0 Å². The van der Waals surface area contributed by atoms with Gasteiger partial charge in [0, 0.05) is 32.7 Å². The van der Waals surface area contributed by atoms with E-state index in [9.17, 15) is 4.79 Å². The molecule has 1 atom stereocenters. The maximum Gasteiger partial charge on any atom is 0.317 e. The predicted octanol–water partition coefficient (Wildman–Crippen LogP) is 0.768. The molecule has 2 aliphatic heterocycles. The normalized spacial score (nSPS) is 22.8. The summed E-state index contributed by atoms with van der Waals surface area (Å²) in [5.41, 5.74) is 1.81. The third-order valence-corrected chi connectivity index (χ3v) is 3.85. The maximum atomic E-state index is 11.5. The molecule has 3 rings (SSSR count). The van der Waals surface area contributed by atoms with Crippen LogP contribution in [0.25, 0.3) is 0 Å². The van der Waals surface area contributed by atoms with Crippen LogP contribution < -0.4 is 5.32 Å². The fourth-order valence-corrected chi connectivity index (χ4v) is 2.82. The molecule has 98 valence electrons. The third kappa shape index (κ3) is 2.27. The largest absolute Gasteiger partial charge is 0.336 e. The van der Waals surface area contributed by atoms with Gasteiger partial charge in [-0.15, -0.1) is 0 Å². The van der Waals surface area contributed by atoms with Crippen molar-refractivity contribution < 1.29 is 4.79 Å². The zero-order valence-electron chi connectivity index (χ0n) is 10.7. The number of hydrogen-bond donors (Lipinski definition) is 1. The van der Waals surface area contributed by atoms with E-state index in [1.165, 1.54) is 0 Å². The molecular weight excluding hydrogens is 240 g/mol. The lowest BCUT2D eigenvalue weighted by Gasteiger charge is -2.36. The van der Waals surface area contributed by atoms with Gasteiger partial charge in [-0.2, -0.15) is 5.26 Å². The number of piperazine rings is 1. The van der Waals surface area contributed by atoms with Crippen LogP contribution in [-0.2, 0) is 6.54 Å². The van der Waals surface area contributed by atoms with Crippen LogP contribution in [0.2, 0.25) is 0 Å². The molecule has 0 aromatic heterocycles. The number of benzene rings is 1. The van der Waals surface area contributed by atoms with Gasteiger partial charge in [0.1, 0.15) is 0 Å². The Morgan fingerprint density at radius 1 is 1.37 bits per heavy atom. The summed E-state index contributed by atoms with van der Waals surface area (Å²) in [6.07, 6.45) is 0. The van der Waals surface area contributed by atoms with E-state index in [0.29, 0.717) is 0 Å². The summed E-state index contributed by atoms with van der Waals surface area (Å²) < 4.78 is 0. The summed E-state index contributed by atoms with van der Waals surface area (Å²) in [6.45, 7) is 4.02.